The molecule has 0 aliphatic carbocycles. The second-order valence-electron chi connectivity index (χ2n) is 2.37. The van der Waals surface area contributed by atoms with Gasteiger partial charge < -0.3 is 0 Å². The summed E-state index contributed by atoms with van der Waals surface area (Å²) < 4.78 is 4.06. The van der Waals surface area contributed by atoms with Gasteiger partial charge in [-0.1, -0.05) is 12.2 Å². The first-order valence-electron chi connectivity index (χ1n) is 3.77. The van der Waals surface area contributed by atoms with Gasteiger partial charge in [0.15, 0.2) is 0 Å². The predicted octanol–water partition coefficient (Wildman–Crippen LogP) is 1.52. The van der Waals surface area contributed by atoms with E-state index in [1.807, 2.05) is 18.5 Å². The second-order valence-corrected chi connectivity index (χ2v) is 3.09. The van der Waals surface area contributed by atoms with Crippen LogP contribution in [-0.4, -0.2) is 35.3 Å². The Balaban J connectivity index is 2.44. The van der Waals surface area contributed by atoms with Crippen LogP contribution in [0.15, 0.2) is 29.7 Å². The molecule has 0 aromatic carbocycles. The lowest BCUT2D eigenvalue weighted by Gasteiger charge is -2.27. The SMILES string of the molecule is C=CCN(CC=C)N1C=NSC1. The van der Waals surface area contributed by atoms with Gasteiger partial charge >= 0.3 is 0 Å². The van der Waals surface area contributed by atoms with Crippen molar-refractivity contribution < 1.29 is 0 Å². The molecule has 1 aliphatic heterocycles. The average molecular weight is 183 g/mol. The molecule has 0 saturated carbocycles. The first kappa shape index (κ1) is 9.35. The maximum atomic E-state index is 4.06. The molecule has 3 nitrogen and oxygen atoms in total. The number of hydrazine groups is 1. The third kappa shape index (κ3) is 2.39. The molecule has 0 N–H and O–H groups in total. The lowest BCUT2D eigenvalue weighted by molar-refractivity contribution is 0.103. The van der Waals surface area contributed by atoms with Gasteiger partial charge in [0, 0.05) is 13.1 Å². The van der Waals surface area contributed by atoms with Crippen molar-refractivity contribution in [1.82, 2.24) is 10.0 Å². The normalized spacial score (nSPS) is 15.6. The minimum atomic E-state index is 0.832. The van der Waals surface area contributed by atoms with Crippen LogP contribution in [0.25, 0.3) is 0 Å². The van der Waals surface area contributed by atoms with Crippen molar-refractivity contribution in [3.8, 4) is 0 Å². The lowest BCUT2D eigenvalue weighted by atomic mass is 10.5. The summed E-state index contributed by atoms with van der Waals surface area (Å²) in [5.74, 6) is 0.891. The number of hydrogen-bond acceptors (Lipinski definition) is 4. The fourth-order valence-electron chi connectivity index (χ4n) is 0.951. The number of nitrogens with zero attached hydrogens (tertiary/aromatic N) is 3. The van der Waals surface area contributed by atoms with Crippen LogP contribution >= 0.6 is 11.9 Å². The topological polar surface area (TPSA) is 18.8 Å². The minimum Gasteiger partial charge on any atom is -0.282 e. The van der Waals surface area contributed by atoms with Crippen LogP contribution in [0.1, 0.15) is 0 Å². The maximum Gasteiger partial charge on any atom is 0.114 e. The molecule has 12 heavy (non-hydrogen) atoms. The van der Waals surface area contributed by atoms with Crippen molar-refractivity contribution in [2.75, 3.05) is 19.0 Å². The van der Waals surface area contributed by atoms with Crippen molar-refractivity contribution in [3.63, 3.8) is 0 Å². The van der Waals surface area contributed by atoms with Gasteiger partial charge in [-0.25, -0.2) is 9.41 Å². The summed E-state index contributed by atoms with van der Waals surface area (Å²) in [5.41, 5.74) is 0. The lowest BCUT2D eigenvalue weighted by Crippen LogP contribution is -2.40. The highest BCUT2D eigenvalue weighted by Gasteiger charge is 2.12. The van der Waals surface area contributed by atoms with E-state index in [-0.39, 0.29) is 0 Å². The molecule has 1 heterocycles. The van der Waals surface area contributed by atoms with Gasteiger partial charge in [-0.2, -0.15) is 0 Å². The molecule has 0 saturated heterocycles. The van der Waals surface area contributed by atoms with Gasteiger partial charge in [0.2, 0.25) is 0 Å². The fraction of sp³-hybridized carbons (Fsp3) is 0.375. The summed E-state index contributed by atoms with van der Waals surface area (Å²) in [4.78, 5) is 0. The number of hydrogen-bond donors (Lipinski definition) is 0. The Kier molecular flexibility index (Phi) is 3.90. The molecule has 0 bridgehead atoms. The zero-order chi connectivity index (χ0) is 8.81. The summed E-state index contributed by atoms with van der Waals surface area (Å²) in [5, 5.41) is 4.19. The van der Waals surface area contributed by atoms with Crippen molar-refractivity contribution >= 4 is 18.3 Å². The van der Waals surface area contributed by atoms with E-state index in [0.717, 1.165) is 19.0 Å². The van der Waals surface area contributed by atoms with Crippen LogP contribution in [0, 0.1) is 0 Å². The first-order valence-corrected chi connectivity index (χ1v) is 4.71. The Hall–Kier alpha value is -0.740. The fourth-order valence-corrected chi connectivity index (χ4v) is 1.54. The second kappa shape index (κ2) is 5.00. The van der Waals surface area contributed by atoms with E-state index in [2.05, 4.69) is 27.6 Å². The van der Waals surface area contributed by atoms with Gasteiger partial charge in [-0.3, -0.25) is 5.01 Å². The van der Waals surface area contributed by atoms with E-state index < -0.39 is 0 Å². The first-order chi connectivity index (χ1) is 5.88. The van der Waals surface area contributed by atoms with Crippen molar-refractivity contribution in [3.05, 3.63) is 25.3 Å². The van der Waals surface area contributed by atoms with Crippen molar-refractivity contribution in [2.24, 2.45) is 4.40 Å². The molecule has 0 unspecified atom stereocenters. The molecular formula is C8H13N3S. The Bertz CT molecular complexity index is 181. The predicted molar refractivity (Wildman–Crippen MR) is 54.8 cm³/mol. The standard InChI is InChI=1S/C8H13N3S/c1-3-5-10(6-4-2)11-7-9-12-8-11/h3-4,7H,1-2,5-6,8H2. The highest BCUT2D eigenvalue weighted by molar-refractivity contribution is 7.98. The summed E-state index contributed by atoms with van der Waals surface area (Å²) in [6, 6.07) is 0. The molecule has 0 spiro atoms. The number of rotatable bonds is 5. The van der Waals surface area contributed by atoms with Gasteiger partial charge in [-0.15, -0.1) is 13.2 Å². The molecule has 0 amide bonds. The molecule has 1 rings (SSSR count). The van der Waals surface area contributed by atoms with Crippen molar-refractivity contribution in [2.45, 2.75) is 0 Å². The molecule has 0 aromatic heterocycles. The minimum absolute atomic E-state index is 0.832. The molecule has 0 radical (unpaired) electrons. The van der Waals surface area contributed by atoms with E-state index >= 15 is 0 Å². The largest absolute Gasteiger partial charge is 0.282 e. The highest BCUT2D eigenvalue weighted by Crippen LogP contribution is 2.13. The molecule has 4 heteroatoms. The molecule has 0 fully saturated rings. The van der Waals surface area contributed by atoms with Gasteiger partial charge in [0.05, 0.1) is 0 Å². The summed E-state index contributed by atoms with van der Waals surface area (Å²) in [6.45, 7) is 9.06. The van der Waals surface area contributed by atoms with Gasteiger partial charge in [0.25, 0.3) is 0 Å². The molecule has 0 atom stereocenters. The highest BCUT2D eigenvalue weighted by atomic mass is 32.2. The van der Waals surface area contributed by atoms with E-state index in [1.165, 1.54) is 0 Å². The Labute approximate surface area is 77.6 Å². The molecular weight excluding hydrogens is 170 g/mol. The summed E-state index contributed by atoms with van der Waals surface area (Å²) in [7, 11) is 0. The monoisotopic (exact) mass is 183 g/mol. The van der Waals surface area contributed by atoms with Crippen LogP contribution in [0.4, 0.5) is 0 Å². The van der Waals surface area contributed by atoms with Crippen molar-refractivity contribution in [1.29, 1.82) is 0 Å². The average Bonchev–Trinajstić information content (AvgIpc) is 2.56. The Morgan fingerprint density at radius 3 is 2.58 bits per heavy atom. The third-order valence-corrected chi connectivity index (χ3v) is 2.11. The quantitative estimate of drug-likeness (QED) is 0.476. The van der Waals surface area contributed by atoms with Crippen LogP contribution in [0.2, 0.25) is 0 Å². The Morgan fingerprint density at radius 1 is 1.50 bits per heavy atom. The maximum absolute atomic E-state index is 4.06. The van der Waals surface area contributed by atoms with E-state index in [4.69, 9.17) is 0 Å². The van der Waals surface area contributed by atoms with Crippen LogP contribution in [0.5, 0.6) is 0 Å². The van der Waals surface area contributed by atoms with E-state index in [9.17, 15) is 0 Å². The van der Waals surface area contributed by atoms with Crippen LogP contribution in [-0.2, 0) is 0 Å². The summed E-state index contributed by atoms with van der Waals surface area (Å²) in [6.07, 6.45) is 5.58. The summed E-state index contributed by atoms with van der Waals surface area (Å²) >= 11 is 1.55. The van der Waals surface area contributed by atoms with Gasteiger partial charge in [0.1, 0.15) is 12.2 Å². The van der Waals surface area contributed by atoms with Gasteiger partial charge in [-0.05, 0) is 11.9 Å². The van der Waals surface area contributed by atoms with E-state index in [1.54, 1.807) is 11.9 Å². The smallest absolute Gasteiger partial charge is 0.114 e. The van der Waals surface area contributed by atoms with E-state index in [0.29, 0.717) is 0 Å². The molecule has 1 aliphatic rings. The zero-order valence-corrected chi connectivity index (χ0v) is 7.83. The third-order valence-electron chi connectivity index (χ3n) is 1.49. The van der Waals surface area contributed by atoms with Crippen LogP contribution in [0.3, 0.4) is 0 Å². The van der Waals surface area contributed by atoms with Crippen LogP contribution < -0.4 is 0 Å². The zero-order valence-electron chi connectivity index (χ0n) is 7.02. The molecule has 0 aromatic rings. The Morgan fingerprint density at radius 2 is 2.17 bits per heavy atom. The molecule has 66 valence electrons.